The molecule has 1 saturated carbocycles. The van der Waals surface area contributed by atoms with E-state index < -0.39 is 0 Å². The highest BCUT2D eigenvalue weighted by atomic mass is 16.5. The van der Waals surface area contributed by atoms with E-state index in [1.54, 1.807) is 0 Å². The van der Waals surface area contributed by atoms with Crippen LogP contribution in [0, 0.1) is 18.4 Å². The molecule has 1 heteroatoms. The van der Waals surface area contributed by atoms with E-state index in [-0.39, 0.29) is 0 Å². The second-order valence-corrected chi connectivity index (χ2v) is 1.87. The fraction of sp³-hybridized carbons (Fsp3) is 0.667. The van der Waals surface area contributed by atoms with Crippen LogP contribution in [0.5, 0.6) is 0 Å². The summed E-state index contributed by atoms with van der Waals surface area (Å²) in [7, 11) is 0. The number of hydrogen-bond acceptors (Lipinski definition) is 1. The van der Waals surface area contributed by atoms with Crippen LogP contribution in [-0.4, -0.2) is 6.61 Å². The van der Waals surface area contributed by atoms with Gasteiger partial charge in [-0.2, -0.15) is 0 Å². The number of hydrogen-bond donors (Lipinski definition) is 0. The monoisotopic (exact) mass is 96.1 g/mol. The highest BCUT2D eigenvalue weighted by Crippen LogP contribution is 2.28. The van der Waals surface area contributed by atoms with Gasteiger partial charge in [0.25, 0.3) is 0 Å². The summed E-state index contributed by atoms with van der Waals surface area (Å²) in [6, 6.07) is 0. The van der Waals surface area contributed by atoms with E-state index in [9.17, 15) is 0 Å². The molecule has 0 radical (unpaired) electrons. The van der Waals surface area contributed by atoms with Crippen molar-refractivity contribution in [3.63, 3.8) is 0 Å². The lowest BCUT2D eigenvalue weighted by atomic mass is 10.5. The van der Waals surface area contributed by atoms with Crippen LogP contribution in [0.2, 0.25) is 0 Å². The van der Waals surface area contributed by atoms with Crippen LogP contribution in [0.15, 0.2) is 0 Å². The summed E-state index contributed by atoms with van der Waals surface area (Å²) < 4.78 is 4.69. The molecule has 0 aromatic rings. The molecule has 0 heterocycles. The second-order valence-electron chi connectivity index (χ2n) is 1.87. The molecule has 1 rings (SSSR count). The van der Waals surface area contributed by atoms with Gasteiger partial charge in [-0.05, 0) is 18.8 Å². The summed E-state index contributed by atoms with van der Waals surface area (Å²) in [6.45, 7) is 0.774. The number of terminal acetylenes is 1. The van der Waals surface area contributed by atoms with Gasteiger partial charge < -0.3 is 4.74 Å². The fourth-order valence-corrected chi connectivity index (χ4v) is 0.450. The Hall–Kier alpha value is -0.640. The van der Waals surface area contributed by atoms with Crippen LogP contribution in [0.1, 0.15) is 12.8 Å². The van der Waals surface area contributed by atoms with Crippen LogP contribution in [-0.2, 0) is 4.74 Å². The van der Waals surface area contributed by atoms with Gasteiger partial charge in [-0.1, -0.05) is 6.42 Å². The molecule has 0 spiro atoms. The molecule has 0 bridgehead atoms. The van der Waals surface area contributed by atoms with Gasteiger partial charge in [0.05, 0.1) is 0 Å². The minimum Gasteiger partial charge on any atom is -0.447 e. The van der Waals surface area contributed by atoms with Crippen LogP contribution >= 0.6 is 0 Å². The quantitative estimate of drug-likeness (QED) is 0.466. The first kappa shape index (κ1) is 4.52. The first-order valence-electron chi connectivity index (χ1n) is 2.51. The molecule has 0 N–H and O–H groups in total. The van der Waals surface area contributed by atoms with Gasteiger partial charge in [0, 0.05) is 0 Å². The first-order valence-corrected chi connectivity index (χ1v) is 2.51. The molecule has 0 unspecified atom stereocenters. The van der Waals surface area contributed by atoms with E-state index in [1.165, 1.54) is 12.8 Å². The van der Waals surface area contributed by atoms with E-state index in [0.29, 0.717) is 0 Å². The van der Waals surface area contributed by atoms with Crippen LogP contribution in [0.25, 0.3) is 0 Å². The van der Waals surface area contributed by atoms with Crippen LogP contribution in [0.3, 0.4) is 0 Å². The van der Waals surface area contributed by atoms with Crippen molar-refractivity contribution in [2.75, 3.05) is 6.61 Å². The third kappa shape index (κ3) is 1.50. The van der Waals surface area contributed by atoms with E-state index in [1.807, 2.05) is 0 Å². The lowest BCUT2D eigenvalue weighted by Gasteiger charge is -1.88. The van der Waals surface area contributed by atoms with Crippen molar-refractivity contribution in [2.24, 2.45) is 5.92 Å². The van der Waals surface area contributed by atoms with Gasteiger partial charge in [-0.25, -0.2) is 0 Å². The molecule has 0 amide bonds. The summed E-state index contributed by atoms with van der Waals surface area (Å²) in [5.74, 6) is 0.788. The molecule has 1 fully saturated rings. The summed E-state index contributed by atoms with van der Waals surface area (Å²) in [6.07, 6.45) is 9.59. The average molecular weight is 96.1 g/mol. The standard InChI is InChI=1S/C6H8O/c1-2-7-5-6-3-4-6/h1,6H,3-5H2. The smallest absolute Gasteiger partial charge is 0.106 e. The van der Waals surface area contributed by atoms with Crippen LogP contribution in [0.4, 0.5) is 0 Å². The van der Waals surface area contributed by atoms with Gasteiger partial charge >= 0.3 is 0 Å². The minimum atomic E-state index is 0.774. The summed E-state index contributed by atoms with van der Waals surface area (Å²) in [4.78, 5) is 0. The molecule has 1 aliphatic rings. The Morgan fingerprint density at radius 2 is 2.43 bits per heavy atom. The van der Waals surface area contributed by atoms with Crippen LogP contribution < -0.4 is 0 Å². The summed E-state index contributed by atoms with van der Waals surface area (Å²) in [5, 5.41) is 0. The van der Waals surface area contributed by atoms with E-state index >= 15 is 0 Å². The highest BCUT2D eigenvalue weighted by Gasteiger charge is 2.21. The maximum atomic E-state index is 4.83. The average Bonchev–Trinajstić information content (AvgIpc) is 2.42. The van der Waals surface area contributed by atoms with Gasteiger partial charge in [0.15, 0.2) is 0 Å². The van der Waals surface area contributed by atoms with Crippen molar-refractivity contribution in [1.82, 2.24) is 0 Å². The van der Waals surface area contributed by atoms with Crippen molar-refractivity contribution in [3.8, 4) is 12.5 Å². The maximum Gasteiger partial charge on any atom is 0.106 e. The fourth-order valence-electron chi connectivity index (χ4n) is 0.450. The van der Waals surface area contributed by atoms with E-state index in [0.717, 1.165) is 12.5 Å². The predicted molar refractivity (Wildman–Crippen MR) is 27.5 cm³/mol. The molecular weight excluding hydrogens is 88.1 g/mol. The normalized spacial score (nSPS) is 18.1. The molecule has 7 heavy (non-hydrogen) atoms. The third-order valence-electron chi connectivity index (χ3n) is 1.10. The largest absolute Gasteiger partial charge is 0.447 e. The summed E-state index contributed by atoms with van der Waals surface area (Å²) in [5.41, 5.74) is 0. The predicted octanol–water partition coefficient (Wildman–Crippen LogP) is 1.00. The maximum absolute atomic E-state index is 4.83. The highest BCUT2D eigenvalue weighted by molar-refractivity contribution is 4.76. The molecule has 1 aliphatic carbocycles. The van der Waals surface area contributed by atoms with Crippen molar-refractivity contribution < 1.29 is 4.74 Å². The van der Waals surface area contributed by atoms with E-state index in [2.05, 4.69) is 10.8 Å². The molecule has 38 valence electrons. The molecule has 0 aliphatic heterocycles. The molecular formula is C6H8O. The zero-order valence-electron chi connectivity index (χ0n) is 4.18. The van der Waals surface area contributed by atoms with E-state index in [4.69, 9.17) is 6.42 Å². The van der Waals surface area contributed by atoms with Crippen molar-refractivity contribution >= 4 is 0 Å². The summed E-state index contributed by atoms with van der Waals surface area (Å²) >= 11 is 0. The Morgan fingerprint density at radius 1 is 1.71 bits per heavy atom. The van der Waals surface area contributed by atoms with Crippen molar-refractivity contribution in [3.05, 3.63) is 0 Å². The SMILES string of the molecule is C#COCC1CC1. The molecule has 0 aromatic heterocycles. The molecule has 0 saturated heterocycles. The van der Waals surface area contributed by atoms with Gasteiger partial charge in [0.1, 0.15) is 12.7 Å². The van der Waals surface area contributed by atoms with Crippen molar-refractivity contribution in [2.45, 2.75) is 12.8 Å². The Kier molecular flexibility index (Phi) is 1.21. The second kappa shape index (κ2) is 1.88. The minimum absolute atomic E-state index is 0.774. The Labute approximate surface area is 43.7 Å². The van der Waals surface area contributed by atoms with Gasteiger partial charge in [-0.3, -0.25) is 0 Å². The lowest BCUT2D eigenvalue weighted by molar-refractivity contribution is 0.262. The van der Waals surface area contributed by atoms with Crippen molar-refractivity contribution in [1.29, 1.82) is 0 Å². The Balaban J connectivity index is 1.91. The lowest BCUT2D eigenvalue weighted by Crippen LogP contribution is -1.86. The van der Waals surface area contributed by atoms with Gasteiger partial charge in [-0.15, -0.1) is 0 Å². The zero-order chi connectivity index (χ0) is 5.11. The first-order chi connectivity index (χ1) is 3.43. The third-order valence-corrected chi connectivity index (χ3v) is 1.10. The van der Waals surface area contributed by atoms with Gasteiger partial charge in [0.2, 0.25) is 0 Å². The number of rotatable bonds is 2. The number of ether oxygens (including phenoxy) is 1. The molecule has 1 nitrogen and oxygen atoms in total. The molecule has 0 atom stereocenters. The topological polar surface area (TPSA) is 9.23 Å². The molecule has 0 aromatic carbocycles. The Morgan fingerprint density at radius 3 is 2.86 bits per heavy atom. The zero-order valence-corrected chi connectivity index (χ0v) is 4.18. The Bertz CT molecular complexity index is 86.8.